The normalized spacial score (nSPS) is 33.8. The highest BCUT2D eigenvalue weighted by Gasteiger charge is 2.36. The predicted octanol–water partition coefficient (Wildman–Crippen LogP) is 2.52. The largest absolute Gasteiger partial charge is 0.374 e. The van der Waals surface area contributed by atoms with E-state index in [1.807, 2.05) is 13.8 Å². The highest BCUT2D eigenvalue weighted by atomic mass is 16.5. The minimum Gasteiger partial charge on any atom is -0.374 e. The molecule has 0 aromatic rings. The van der Waals surface area contributed by atoms with E-state index in [-0.39, 0.29) is 23.2 Å². The number of hydrogen-bond acceptors (Lipinski definition) is 3. The summed E-state index contributed by atoms with van der Waals surface area (Å²) in [6.45, 7) is 4.40. The van der Waals surface area contributed by atoms with Crippen LogP contribution in [0, 0.1) is 11.8 Å². The van der Waals surface area contributed by atoms with E-state index in [4.69, 9.17) is 4.74 Å². The molecule has 1 heterocycles. The van der Waals surface area contributed by atoms with Crippen LogP contribution >= 0.6 is 0 Å². The molecule has 2 fully saturated rings. The first-order valence-electron chi connectivity index (χ1n) is 6.67. The van der Waals surface area contributed by atoms with Crippen molar-refractivity contribution in [1.82, 2.24) is 0 Å². The van der Waals surface area contributed by atoms with E-state index in [1.165, 1.54) is 0 Å². The second-order valence-electron chi connectivity index (χ2n) is 6.06. The Hall–Kier alpha value is -0.700. The maximum atomic E-state index is 12.0. The van der Waals surface area contributed by atoms with Crippen LogP contribution in [0.15, 0.2) is 0 Å². The number of ether oxygens (including phenoxy) is 1. The van der Waals surface area contributed by atoms with Gasteiger partial charge in [0, 0.05) is 24.7 Å². The summed E-state index contributed by atoms with van der Waals surface area (Å²) in [6.07, 6.45) is 5.03. The lowest BCUT2D eigenvalue weighted by Crippen LogP contribution is -2.41. The molecule has 2 atom stereocenters. The lowest BCUT2D eigenvalue weighted by molar-refractivity contribution is -0.146. The molecule has 0 aromatic carbocycles. The molecule has 3 heteroatoms. The summed E-state index contributed by atoms with van der Waals surface area (Å²) in [5.41, 5.74) is -0.315. The first-order valence-corrected chi connectivity index (χ1v) is 6.67. The van der Waals surface area contributed by atoms with Crippen molar-refractivity contribution in [2.75, 3.05) is 6.61 Å². The van der Waals surface area contributed by atoms with Gasteiger partial charge in [-0.05, 0) is 33.1 Å². The molecule has 2 aliphatic rings. The summed E-state index contributed by atoms with van der Waals surface area (Å²) in [5.74, 6) is 0.700. The maximum Gasteiger partial charge on any atom is 0.141 e. The van der Waals surface area contributed by atoms with Gasteiger partial charge in [0.2, 0.25) is 0 Å². The highest BCUT2D eigenvalue weighted by molar-refractivity contribution is 5.85. The molecule has 0 aromatic heterocycles. The first kappa shape index (κ1) is 12.7. The summed E-state index contributed by atoms with van der Waals surface area (Å²) in [4.78, 5) is 23.7. The minimum absolute atomic E-state index is 0.0462. The summed E-state index contributed by atoms with van der Waals surface area (Å²) in [6, 6.07) is 0. The van der Waals surface area contributed by atoms with E-state index in [0.717, 1.165) is 19.3 Å². The molecule has 3 nitrogen and oxygen atoms in total. The minimum atomic E-state index is -0.315. The predicted molar refractivity (Wildman–Crippen MR) is 64.7 cm³/mol. The molecule has 2 rings (SSSR count). The molecule has 1 saturated carbocycles. The van der Waals surface area contributed by atoms with Crippen LogP contribution in [0.25, 0.3) is 0 Å². The summed E-state index contributed by atoms with van der Waals surface area (Å²) in [5, 5.41) is 0. The van der Waals surface area contributed by atoms with Gasteiger partial charge in [0.05, 0.1) is 12.2 Å². The number of hydrogen-bond donors (Lipinski definition) is 0. The molecule has 0 N–H and O–H groups in total. The van der Waals surface area contributed by atoms with E-state index in [9.17, 15) is 9.59 Å². The Morgan fingerprint density at radius 3 is 2.59 bits per heavy atom. The SMILES string of the molecule is CC1(C)CC(=O)C(CC2CCCCC2=O)CO1. The summed E-state index contributed by atoms with van der Waals surface area (Å²) in [7, 11) is 0. The van der Waals surface area contributed by atoms with E-state index in [2.05, 4.69) is 0 Å². The zero-order valence-electron chi connectivity index (χ0n) is 10.8. The fourth-order valence-electron chi connectivity index (χ4n) is 2.88. The van der Waals surface area contributed by atoms with Gasteiger partial charge in [0.25, 0.3) is 0 Å². The molecule has 1 saturated heterocycles. The van der Waals surface area contributed by atoms with Gasteiger partial charge in [0.15, 0.2) is 0 Å². The Balaban J connectivity index is 1.91. The van der Waals surface area contributed by atoms with E-state index < -0.39 is 0 Å². The van der Waals surface area contributed by atoms with Crippen molar-refractivity contribution in [2.45, 2.75) is 58.0 Å². The molecule has 0 bridgehead atoms. The van der Waals surface area contributed by atoms with E-state index in [1.54, 1.807) is 0 Å². The van der Waals surface area contributed by atoms with Crippen molar-refractivity contribution in [3.63, 3.8) is 0 Å². The Morgan fingerprint density at radius 1 is 1.18 bits per heavy atom. The van der Waals surface area contributed by atoms with Crippen molar-refractivity contribution in [1.29, 1.82) is 0 Å². The van der Waals surface area contributed by atoms with Gasteiger partial charge in [-0.1, -0.05) is 6.42 Å². The smallest absolute Gasteiger partial charge is 0.141 e. The fourth-order valence-corrected chi connectivity index (χ4v) is 2.88. The van der Waals surface area contributed by atoms with Crippen LogP contribution in [0.5, 0.6) is 0 Å². The molecule has 1 aliphatic carbocycles. The van der Waals surface area contributed by atoms with Crippen LogP contribution in [0.2, 0.25) is 0 Å². The van der Waals surface area contributed by atoms with Gasteiger partial charge < -0.3 is 4.74 Å². The van der Waals surface area contributed by atoms with E-state index >= 15 is 0 Å². The van der Waals surface area contributed by atoms with Crippen LogP contribution in [-0.4, -0.2) is 23.8 Å². The lowest BCUT2D eigenvalue weighted by atomic mass is 9.78. The highest BCUT2D eigenvalue weighted by Crippen LogP contribution is 2.32. The molecule has 96 valence electrons. The second kappa shape index (κ2) is 4.89. The zero-order valence-corrected chi connectivity index (χ0v) is 10.8. The third-order valence-corrected chi connectivity index (χ3v) is 3.98. The fraction of sp³-hybridized carbons (Fsp3) is 0.857. The lowest BCUT2D eigenvalue weighted by Gasteiger charge is -2.35. The van der Waals surface area contributed by atoms with Crippen LogP contribution in [0.3, 0.4) is 0 Å². The molecular weight excluding hydrogens is 216 g/mol. The van der Waals surface area contributed by atoms with Gasteiger partial charge in [-0.3, -0.25) is 9.59 Å². The van der Waals surface area contributed by atoms with Crippen molar-refractivity contribution in [3.05, 3.63) is 0 Å². The Kier molecular flexibility index (Phi) is 3.67. The molecule has 1 aliphatic heterocycles. The topological polar surface area (TPSA) is 43.4 Å². The molecule has 17 heavy (non-hydrogen) atoms. The molecule has 0 spiro atoms. The molecule has 0 amide bonds. The Bertz CT molecular complexity index is 319. The monoisotopic (exact) mass is 238 g/mol. The van der Waals surface area contributed by atoms with Gasteiger partial charge in [0.1, 0.15) is 11.6 Å². The van der Waals surface area contributed by atoms with Crippen LogP contribution < -0.4 is 0 Å². The third kappa shape index (κ3) is 3.15. The van der Waals surface area contributed by atoms with Gasteiger partial charge >= 0.3 is 0 Å². The van der Waals surface area contributed by atoms with E-state index in [0.29, 0.717) is 31.7 Å². The first-order chi connectivity index (χ1) is 7.98. The zero-order chi connectivity index (χ0) is 12.5. The summed E-state index contributed by atoms with van der Waals surface area (Å²) < 4.78 is 5.69. The number of Topliss-reactive ketones (excluding diaryl/α,β-unsaturated/α-hetero) is 2. The van der Waals surface area contributed by atoms with Crippen LogP contribution in [-0.2, 0) is 14.3 Å². The quantitative estimate of drug-likeness (QED) is 0.742. The van der Waals surface area contributed by atoms with Crippen molar-refractivity contribution in [2.24, 2.45) is 11.8 Å². The summed E-state index contributed by atoms with van der Waals surface area (Å²) >= 11 is 0. The number of rotatable bonds is 2. The average Bonchev–Trinajstić information content (AvgIpc) is 2.24. The average molecular weight is 238 g/mol. The Morgan fingerprint density at radius 2 is 1.94 bits per heavy atom. The number of ketones is 2. The molecule has 0 radical (unpaired) electrons. The van der Waals surface area contributed by atoms with Crippen molar-refractivity contribution >= 4 is 11.6 Å². The van der Waals surface area contributed by atoms with Gasteiger partial charge in [-0.2, -0.15) is 0 Å². The maximum absolute atomic E-state index is 12.0. The molecular formula is C14H22O3. The van der Waals surface area contributed by atoms with Gasteiger partial charge in [-0.15, -0.1) is 0 Å². The van der Waals surface area contributed by atoms with Gasteiger partial charge in [-0.25, -0.2) is 0 Å². The van der Waals surface area contributed by atoms with Crippen LogP contribution in [0.1, 0.15) is 52.4 Å². The second-order valence-corrected chi connectivity index (χ2v) is 6.06. The Labute approximate surface area is 103 Å². The molecule has 2 unspecified atom stereocenters. The van der Waals surface area contributed by atoms with Crippen molar-refractivity contribution < 1.29 is 14.3 Å². The van der Waals surface area contributed by atoms with Crippen LogP contribution in [0.4, 0.5) is 0 Å². The standard InChI is InChI=1S/C14H22O3/c1-14(2)8-13(16)11(9-17-14)7-10-5-3-4-6-12(10)15/h10-11H,3-9H2,1-2H3. The van der Waals surface area contributed by atoms with Crippen molar-refractivity contribution in [3.8, 4) is 0 Å². The third-order valence-electron chi connectivity index (χ3n) is 3.98. The number of carbonyl (C=O) groups is 2. The number of carbonyl (C=O) groups excluding carboxylic acids is 2.